The number of aromatic nitrogens is 3. The lowest BCUT2D eigenvalue weighted by Gasteiger charge is -2.36. The number of allylic oxidation sites excluding steroid dienone is 1. The normalized spacial score (nSPS) is 15.3. The highest BCUT2D eigenvalue weighted by atomic mass is 16.5. The maximum atomic E-state index is 13.3. The molecule has 188 valence electrons. The highest BCUT2D eigenvalue weighted by Gasteiger charge is 2.43. The van der Waals surface area contributed by atoms with E-state index in [-0.39, 0.29) is 22.7 Å². The number of methoxy groups -OCH3 is 2. The largest absolute Gasteiger partial charge is 0.492 e. The lowest BCUT2D eigenvalue weighted by Crippen LogP contribution is -2.41. The Morgan fingerprint density at radius 3 is 2.32 bits per heavy atom. The Bertz CT molecular complexity index is 1420. The van der Waals surface area contributed by atoms with Crippen molar-refractivity contribution in [2.45, 2.75) is 12.8 Å². The lowest BCUT2D eigenvalue weighted by molar-refractivity contribution is -0.139. The molecule has 1 aliphatic rings. The summed E-state index contributed by atoms with van der Waals surface area (Å²) in [6.07, 6.45) is 3.00. The molecule has 0 bridgehead atoms. The maximum Gasteiger partial charge on any atom is 0.355 e. The van der Waals surface area contributed by atoms with Gasteiger partial charge in [-0.15, -0.1) is 10.2 Å². The van der Waals surface area contributed by atoms with Crippen LogP contribution in [0.5, 0.6) is 5.75 Å². The first-order valence-electron chi connectivity index (χ1n) is 11.2. The SMILES string of the molecule is CCOc1ccc(-n2cnnc2)cc1N1C(N)=C(C#N)C(c2ccccc2)C(C(=O)OC)=C1C(=O)OC. The molecule has 1 unspecified atom stereocenters. The molecular formula is C26H24N6O5. The Morgan fingerprint density at radius 1 is 1.05 bits per heavy atom. The van der Waals surface area contributed by atoms with Crippen molar-refractivity contribution >= 4 is 17.6 Å². The van der Waals surface area contributed by atoms with Gasteiger partial charge < -0.3 is 19.9 Å². The van der Waals surface area contributed by atoms with Crippen LogP contribution in [0.2, 0.25) is 0 Å². The minimum Gasteiger partial charge on any atom is -0.492 e. The number of carbonyl (C=O) groups is 2. The third-order valence-electron chi connectivity index (χ3n) is 5.81. The second kappa shape index (κ2) is 10.7. The number of esters is 2. The standard InChI is InChI=1S/C26H24N6O5/c1-4-37-20-11-10-17(31-14-29-30-15-31)12-19(20)32-23(26(34)36-3)22(25(33)35-2)21(18(13-27)24(32)28)16-8-6-5-7-9-16/h5-12,14-15,21H,4,28H2,1-3H3. The number of nitrogens with two attached hydrogens (primary N) is 1. The molecule has 2 heterocycles. The quantitative estimate of drug-likeness (QED) is 0.480. The van der Waals surface area contributed by atoms with Crippen LogP contribution in [-0.2, 0) is 19.1 Å². The van der Waals surface area contributed by atoms with Gasteiger partial charge in [0.25, 0.3) is 0 Å². The molecule has 0 amide bonds. The van der Waals surface area contributed by atoms with Gasteiger partial charge in [-0.25, -0.2) is 9.59 Å². The van der Waals surface area contributed by atoms with E-state index in [9.17, 15) is 14.9 Å². The molecule has 1 aliphatic heterocycles. The van der Waals surface area contributed by atoms with Crippen LogP contribution < -0.4 is 15.4 Å². The number of rotatable bonds is 7. The van der Waals surface area contributed by atoms with Crippen molar-refractivity contribution in [2.75, 3.05) is 25.7 Å². The molecule has 3 aromatic rings. The van der Waals surface area contributed by atoms with Gasteiger partial charge in [0.15, 0.2) is 0 Å². The Morgan fingerprint density at radius 2 is 1.73 bits per heavy atom. The van der Waals surface area contributed by atoms with E-state index in [1.54, 1.807) is 60.0 Å². The van der Waals surface area contributed by atoms with Gasteiger partial charge in [0.2, 0.25) is 0 Å². The number of hydrogen-bond donors (Lipinski definition) is 1. The number of nitrogens with zero attached hydrogens (tertiary/aromatic N) is 5. The molecule has 4 rings (SSSR count). The van der Waals surface area contributed by atoms with E-state index in [1.165, 1.54) is 31.8 Å². The Labute approximate surface area is 213 Å². The van der Waals surface area contributed by atoms with Crippen LogP contribution in [0, 0.1) is 11.3 Å². The van der Waals surface area contributed by atoms with Gasteiger partial charge in [0.05, 0.1) is 55.3 Å². The van der Waals surface area contributed by atoms with Crippen molar-refractivity contribution in [3.05, 3.63) is 89.4 Å². The van der Waals surface area contributed by atoms with Crippen molar-refractivity contribution in [3.63, 3.8) is 0 Å². The molecule has 0 fully saturated rings. The van der Waals surface area contributed by atoms with Crippen LogP contribution in [0.15, 0.2) is 83.8 Å². The average Bonchev–Trinajstić information content (AvgIpc) is 3.47. The predicted octanol–water partition coefficient (Wildman–Crippen LogP) is 2.56. The molecule has 0 radical (unpaired) electrons. The third-order valence-corrected chi connectivity index (χ3v) is 5.81. The van der Waals surface area contributed by atoms with Crippen molar-refractivity contribution in [3.8, 4) is 17.5 Å². The van der Waals surface area contributed by atoms with Crippen molar-refractivity contribution in [1.82, 2.24) is 14.8 Å². The number of nitriles is 1. The van der Waals surface area contributed by atoms with Gasteiger partial charge in [0, 0.05) is 0 Å². The van der Waals surface area contributed by atoms with E-state index in [2.05, 4.69) is 16.3 Å². The topological polar surface area (TPSA) is 146 Å². The maximum absolute atomic E-state index is 13.3. The van der Waals surface area contributed by atoms with Crippen molar-refractivity contribution in [2.24, 2.45) is 5.73 Å². The zero-order valence-corrected chi connectivity index (χ0v) is 20.4. The van der Waals surface area contributed by atoms with Crippen LogP contribution in [0.25, 0.3) is 5.69 Å². The van der Waals surface area contributed by atoms with Crippen LogP contribution >= 0.6 is 0 Å². The molecule has 0 saturated heterocycles. The van der Waals surface area contributed by atoms with Crippen molar-refractivity contribution in [1.29, 1.82) is 5.26 Å². The summed E-state index contributed by atoms with van der Waals surface area (Å²) in [5.41, 5.74) is 7.87. The summed E-state index contributed by atoms with van der Waals surface area (Å²) in [6.45, 7) is 2.10. The van der Waals surface area contributed by atoms with Gasteiger partial charge in [-0.1, -0.05) is 30.3 Å². The highest BCUT2D eigenvalue weighted by molar-refractivity contribution is 6.06. The molecular weight excluding hydrogens is 476 g/mol. The second-order valence-electron chi connectivity index (χ2n) is 7.79. The molecule has 11 heteroatoms. The zero-order valence-electron chi connectivity index (χ0n) is 20.4. The first-order valence-corrected chi connectivity index (χ1v) is 11.2. The molecule has 0 spiro atoms. The Hall–Kier alpha value is -5.11. The first kappa shape index (κ1) is 25.0. The lowest BCUT2D eigenvalue weighted by atomic mass is 9.81. The fraction of sp³-hybridized carbons (Fsp3) is 0.192. The zero-order chi connectivity index (χ0) is 26.5. The molecule has 1 aromatic heterocycles. The van der Waals surface area contributed by atoms with E-state index in [0.717, 1.165) is 0 Å². The van der Waals surface area contributed by atoms with Crippen LogP contribution in [0.4, 0.5) is 5.69 Å². The molecule has 2 aromatic carbocycles. The molecule has 2 N–H and O–H groups in total. The smallest absolute Gasteiger partial charge is 0.355 e. The van der Waals surface area contributed by atoms with Crippen LogP contribution in [0.3, 0.4) is 0 Å². The number of carbonyl (C=O) groups excluding carboxylic acids is 2. The van der Waals surface area contributed by atoms with Gasteiger partial charge in [-0.05, 0) is 30.7 Å². The highest BCUT2D eigenvalue weighted by Crippen LogP contribution is 2.45. The summed E-state index contributed by atoms with van der Waals surface area (Å²) >= 11 is 0. The monoisotopic (exact) mass is 500 g/mol. The van der Waals surface area contributed by atoms with E-state index < -0.39 is 17.9 Å². The number of ether oxygens (including phenoxy) is 3. The molecule has 37 heavy (non-hydrogen) atoms. The molecule has 0 aliphatic carbocycles. The fourth-order valence-corrected chi connectivity index (χ4v) is 4.22. The number of anilines is 1. The number of hydrogen-bond acceptors (Lipinski definition) is 10. The van der Waals surface area contributed by atoms with E-state index in [1.807, 2.05) is 0 Å². The summed E-state index contributed by atoms with van der Waals surface area (Å²) in [5.74, 6) is -2.35. The van der Waals surface area contributed by atoms with Crippen molar-refractivity contribution < 1.29 is 23.8 Å². The minimum atomic E-state index is -0.972. The average molecular weight is 501 g/mol. The third kappa shape index (κ3) is 4.48. The van der Waals surface area contributed by atoms with E-state index in [0.29, 0.717) is 29.3 Å². The van der Waals surface area contributed by atoms with Crippen LogP contribution in [0.1, 0.15) is 18.4 Å². The summed E-state index contributed by atoms with van der Waals surface area (Å²) in [6, 6.07) is 16.1. The van der Waals surface area contributed by atoms with Crippen LogP contribution in [-0.4, -0.2) is 47.5 Å². The predicted molar refractivity (Wildman–Crippen MR) is 132 cm³/mol. The first-order chi connectivity index (χ1) is 18.0. The Balaban J connectivity index is 2.09. The summed E-state index contributed by atoms with van der Waals surface area (Å²) < 4.78 is 17.7. The molecule has 1 atom stereocenters. The number of benzene rings is 2. The van der Waals surface area contributed by atoms with E-state index in [4.69, 9.17) is 19.9 Å². The van der Waals surface area contributed by atoms with Gasteiger partial charge in [-0.3, -0.25) is 9.47 Å². The molecule has 0 saturated carbocycles. The summed E-state index contributed by atoms with van der Waals surface area (Å²) in [4.78, 5) is 27.9. The van der Waals surface area contributed by atoms with Gasteiger partial charge in [-0.2, -0.15) is 5.26 Å². The fourth-order valence-electron chi connectivity index (χ4n) is 4.22. The van der Waals surface area contributed by atoms with E-state index >= 15 is 0 Å². The summed E-state index contributed by atoms with van der Waals surface area (Å²) in [5, 5.41) is 17.9. The Kier molecular flexibility index (Phi) is 7.20. The second-order valence-corrected chi connectivity index (χ2v) is 7.79. The van der Waals surface area contributed by atoms with Gasteiger partial charge >= 0.3 is 11.9 Å². The minimum absolute atomic E-state index is 0.0522. The summed E-state index contributed by atoms with van der Waals surface area (Å²) in [7, 11) is 2.39. The molecule has 11 nitrogen and oxygen atoms in total. The van der Waals surface area contributed by atoms with Gasteiger partial charge in [0.1, 0.15) is 29.9 Å².